The van der Waals surface area contributed by atoms with E-state index in [4.69, 9.17) is 0 Å². The molecule has 4 rings (SSSR count). The fourth-order valence-electron chi connectivity index (χ4n) is 4.44. The predicted octanol–water partition coefficient (Wildman–Crippen LogP) is 3.19. The zero-order valence-electron chi connectivity index (χ0n) is 12.0. The molecule has 2 bridgehead atoms. The van der Waals surface area contributed by atoms with Crippen molar-refractivity contribution in [2.75, 3.05) is 12.3 Å². The minimum Gasteiger partial charge on any atom is -0.207 e. The van der Waals surface area contributed by atoms with Gasteiger partial charge in [-0.3, -0.25) is 0 Å². The Morgan fingerprint density at radius 2 is 1.90 bits per heavy atom. The van der Waals surface area contributed by atoms with Crippen molar-refractivity contribution in [1.82, 2.24) is 4.31 Å². The van der Waals surface area contributed by atoms with E-state index in [2.05, 4.69) is 0 Å². The Morgan fingerprint density at radius 3 is 2.57 bits per heavy atom. The average Bonchev–Trinajstić information content (AvgIpc) is 3.23. The number of benzene rings is 1. The first-order chi connectivity index (χ1) is 10.2. The molecule has 1 aliphatic heterocycles. The third kappa shape index (κ3) is 2.34. The third-order valence-electron chi connectivity index (χ3n) is 5.39. The van der Waals surface area contributed by atoms with Crippen LogP contribution >= 0.6 is 11.8 Å². The molecule has 3 aliphatic rings. The lowest BCUT2D eigenvalue weighted by atomic mass is 9.88. The van der Waals surface area contributed by atoms with E-state index in [1.165, 1.54) is 25.7 Å². The molecule has 5 heteroatoms. The van der Waals surface area contributed by atoms with E-state index >= 15 is 0 Å². The maximum absolute atomic E-state index is 12.9. The number of sulfonamides is 1. The number of nitrogens with zero attached hydrogens (tertiary/aromatic N) is 1. The van der Waals surface area contributed by atoms with E-state index in [0.717, 1.165) is 17.6 Å². The van der Waals surface area contributed by atoms with Crippen molar-refractivity contribution in [3.05, 3.63) is 30.3 Å². The summed E-state index contributed by atoms with van der Waals surface area (Å²) in [6.07, 6.45) is 5.25. The lowest BCUT2D eigenvalue weighted by molar-refractivity contribution is 0.253. The Labute approximate surface area is 131 Å². The SMILES string of the molecule is O=S(=O)(c1ccccc1)N1CCSC1C1CC2CCC1C2. The lowest BCUT2D eigenvalue weighted by Crippen LogP contribution is -2.40. The zero-order valence-corrected chi connectivity index (χ0v) is 13.7. The minimum atomic E-state index is -3.33. The molecule has 0 N–H and O–H groups in total. The highest BCUT2D eigenvalue weighted by atomic mass is 32.2. The maximum atomic E-state index is 12.9. The summed E-state index contributed by atoms with van der Waals surface area (Å²) in [7, 11) is -3.33. The Bertz CT molecular complexity index is 616. The van der Waals surface area contributed by atoms with Crippen LogP contribution in [0.15, 0.2) is 35.2 Å². The fraction of sp³-hybridized carbons (Fsp3) is 0.625. The molecule has 114 valence electrons. The molecule has 4 atom stereocenters. The zero-order chi connectivity index (χ0) is 14.4. The predicted molar refractivity (Wildman–Crippen MR) is 85.5 cm³/mol. The monoisotopic (exact) mass is 323 g/mol. The van der Waals surface area contributed by atoms with Crippen LogP contribution in [0.5, 0.6) is 0 Å². The summed E-state index contributed by atoms with van der Waals surface area (Å²) in [6, 6.07) is 8.92. The Hall–Kier alpha value is -0.520. The maximum Gasteiger partial charge on any atom is 0.244 e. The number of hydrogen-bond donors (Lipinski definition) is 0. The molecule has 3 fully saturated rings. The van der Waals surface area contributed by atoms with Gasteiger partial charge in [-0.25, -0.2) is 8.42 Å². The Balaban J connectivity index is 1.62. The first kappa shape index (κ1) is 14.1. The minimum absolute atomic E-state index is 0.172. The third-order valence-corrected chi connectivity index (χ3v) is 8.79. The summed E-state index contributed by atoms with van der Waals surface area (Å²) < 4.78 is 27.6. The fourth-order valence-corrected chi connectivity index (χ4v) is 8.01. The largest absolute Gasteiger partial charge is 0.244 e. The van der Waals surface area contributed by atoms with Crippen LogP contribution in [-0.2, 0) is 10.0 Å². The van der Waals surface area contributed by atoms with Crippen molar-refractivity contribution in [2.45, 2.75) is 36.0 Å². The van der Waals surface area contributed by atoms with Crippen LogP contribution in [0.25, 0.3) is 0 Å². The molecule has 3 nitrogen and oxygen atoms in total. The molecule has 2 aliphatic carbocycles. The van der Waals surface area contributed by atoms with Crippen molar-refractivity contribution < 1.29 is 8.42 Å². The second-order valence-corrected chi connectivity index (χ2v) is 9.64. The van der Waals surface area contributed by atoms with Gasteiger partial charge in [-0.15, -0.1) is 11.8 Å². The molecule has 1 aromatic rings. The molecule has 1 saturated heterocycles. The summed E-state index contributed by atoms with van der Waals surface area (Å²) in [5.41, 5.74) is 0. The van der Waals surface area contributed by atoms with Gasteiger partial charge >= 0.3 is 0 Å². The summed E-state index contributed by atoms with van der Waals surface area (Å²) in [5.74, 6) is 3.14. The molecule has 0 radical (unpaired) electrons. The molecular formula is C16H21NO2S2. The highest BCUT2D eigenvalue weighted by Gasteiger charge is 2.49. The van der Waals surface area contributed by atoms with Gasteiger partial charge in [0.1, 0.15) is 0 Å². The van der Waals surface area contributed by atoms with Crippen LogP contribution in [0.2, 0.25) is 0 Å². The van der Waals surface area contributed by atoms with E-state index in [-0.39, 0.29) is 5.37 Å². The number of thioether (sulfide) groups is 1. The van der Waals surface area contributed by atoms with Gasteiger partial charge in [0.2, 0.25) is 10.0 Å². The molecule has 0 spiro atoms. The van der Waals surface area contributed by atoms with Crippen molar-refractivity contribution in [3.63, 3.8) is 0 Å². The second-order valence-electron chi connectivity index (χ2n) is 6.53. The van der Waals surface area contributed by atoms with Crippen LogP contribution in [0.4, 0.5) is 0 Å². The van der Waals surface area contributed by atoms with E-state index in [1.54, 1.807) is 16.4 Å². The van der Waals surface area contributed by atoms with E-state index < -0.39 is 10.0 Å². The van der Waals surface area contributed by atoms with E-state index in [9.17, 15) is 8.42 Å². The van der Waals surface area contributed by atoms with Gasteiger partial charge in [0.25, 0.3) is 0 Å². The molecule has 2 saturated carbocycles. The van der Waals surface area contributed by atoms with Gasteiger partial charge in [0.05, 0.1) is 10.3 Å². The molecule has 1 heterocycles. The topological polar surface area (TPSA) is 37.4 Å². The summed E-state index contributed by atoms with van der Waals surface area (Å²) in [6.45, 7) is 0.667. The lowest BCUT2D eigenvalue weighted by Gasteiger charge is -2.32. The van der Waals surface area contributed by atoms with Crippen molar-refractivity contribution in [3.8, 4) is 0 Å². The number of fused-ring (bicyclic) bond motifs is 2. The number of rotatable bonds is 3. The van der Waals surface area contributed by atoms with Gasteiger partial charge in [0, 0.05) is 12.3 Å². The van der Waals surface area contributed by atoms with Crippen LogP contribution < -0.4 is 0 Å². The molecule has 21 heavy (non-hydrogen) atoms. The summed E-state index contributed by atoms with van der Waals surface area (Å²) in [4.78, 5) is 0.445. The van der Waals surface area contributed by atoms with E-state index in [0.29, 0.717) is 17.4 Å². The van der Waals surface area contributed by atoms with Crippen molar-refractivity contribution in [2.24, 2.45) is 17.8 Å². The molecule has 0 amide bonds. The molecular weight excluding hydrogens is 302 g/mol. The molecule has 1 aromatic carbocycles. The van der Waals surface area contributed by atoms with Gasteiger partial charge in [-0.1, -0.05) is 24.6 Å². The normalized spacial score (nSPS) is 36.4. The Kier molecular flexibility index (Phi) is 3.55. The smallest absolute Gasteiger partial charge is 0.207 e. The van der Waals surface area contributed by atoms with E-state index in [1.807, 2.05) is 30.0 Å². The quantitative estimate of drug-likeness (QED) is 0.857. The standard InChI is InChI=1S/C16H21NO2S2/c18-21(19,14-4-2-1-3-5-14)17-8-9-20-16(17)15-11-12-6-7-13(15)10-12/h1-5,12-13,15-16H,6-11H2. The molecule has 4 unspecified atom stereocenters. The number of hydrogen-bond acceptors (Lipinski definition) is 3. The highest BCUT2D eigenvalue weighted by molar-refractivity contribution is 8.01. The highest BCUT2D eigenvalue weighted by Crippen LogP contribution is 2.53. The van der Waals surface area contributed by atoms with Gasteiger partial charge in [0.15, 0.2) is 0 Å². The first-order valence-electron chi connectivity index (χ1n) is 7.85. The summed E-state index contributed by atoms with van der Waals surface area (Å²) in [5, 5.41) is 0.172. The van der Waals surface area contributed by atoms with Gasteiger partial charge < -0.3 is 0 Å². The van der Waals surface area contributed by atoms with Gasteiger partial charge in [-0.05, 0) is 49.1 Å². The summed E-state index contributed by atoms with van der Waals surface area (Å²) >= 11 is 1.86. The van der Waals surface area contributed by atoms with Crippen molar-refractivity contribution in [1.29, 1.82) is 0 Å². The van der Waals surface area contributed by atoms with Crippen molar-refractivity contribution >= 4 is 21.8 Å². The van der Waals surface area contributed by atoms with Crippen LogP contribution in [0.1, 0.15) is 25.7 Å². The average molecular weight is 323 g/mol. The van der Waals surface area contributed by atoms with Crippen LogP contribution in [0.3, 0.4) is 0 Å². The van der Waals surface area contributed by atoms with Crippen LogP contribution in [0, 0.1) is 17.8 Å². The van der Waals surface area contributed by atoms with Gasteiger partial charge in [-0.2, -0.15) is 4.31 Å². The van der Waals surface area contributed by atoms with Crippen LogP contribution in [-0.4, -0.2) is 30.4 Å². The first-order valence-corrected chi connectivity index (χ1v) is 10.3. The Morgan fingerprint density at radius 1 is 1.10 bits per heavy atom. The second kappa shape index (κ2) is 5.28. The molecule has 0 aromatic heterocycles.